The molecule has 0 saturated carbocycles. The fourth-order valence-corrected chi connectivity index (χ4v) is 5.73. The minimum absolute atomic E-state index is 0.0391. The third-order valence-corrected chi connectivity index (χ3v) is 8.73. The van der Waals surface area contributed by atoms with Gasteiger partial charge in [-0.1, -0.05) is 6.07 Å². The number of sulfone groups is 1. The second-order valence-corrected chi connectivity index (χ2v) is 11.1. The molecular weight excluding hydrogens is 491 g/mol. The lowest BCUT2D eigenvalue weighted by Crippen LogP contribution is -2.49. The van der Waals surface area contributed by atoms with Crippen LogP contribution in [0.25, 0.3) is 0 Å². The van der Waals surface area contributed by atoms with Crippen molar-refractivity contribution in [1.82, 2.24) is 0 Å². The maximum Gasteiger partial charge on any atom is 0.416 e. The average molecular weight is 511 g/mol. The number of piperidine rings is 1. The summed E-state index contributed by atoms with van der Waals surface area (Å²) in [7, 11) is -4.33. The Balaban J connectivity index is 1.85. The molecule has 34 heavy (non-hydrogen) atoms. The topological polar surface area (TPSA) is 54.5 Å². The molecule has 0 unspecified atom stereocenters. The Labute approximate surface area is 191 Å². The van der Waals surface area contributed by atoms with E-state index < -0.39 is 60.6 Å². The molecule has 1 aliphatic heterocycles. The maximum absolute atomic E-state index is 14.3. The largest absolute Gasteiger partial charge is 0.416 e. The Hall–Kier alpha value is -2.63. The highest BCUT2D eigenvalue weighted by Gasteiger charge is 2.46. The minimum Gasteiger partial charge on any atom is -0.310 e. The van der Waals surface area contributed by atoms with Crippen LogP contribution >= 0.6 is 0 Å². The highest BCUT2D eigenvalue weighted by Crippen LogP contribution is 2.41. The molecule has 0 radical (unpaired) electrons. The predicted molar refractivity (Wildman–Crippen MR) is 109 cm³/mol. The summed E-state index contributed by atoms with van der Waals surface area (Å²) in [4.78, 5) is 13.1. The zero-order valence-corrected chi connectivity index (χ0v) is 18.8. The highest BCUT2D eigenvalue weighted by atomic mass is 32.2. The normalized spacial score (nSPS) is 18.3. The summed E-state index contributed by atoms with van der Waals surface area (Å²) in [5.41, 5.74) is -2.72. The van der Waals surface area contributed by atoms with Crippen molar-refractivity contribution in [1.29, 1.82) is 0 Å². The van der Waals surface area contributed by atoms with Crippen LogP contribution in [0, 0.1) is 11.7 Å². The number of halogens is 7. The van der Waals surface area contributed by atoms with Crippen LogP contribution in [0.2, 0.25) is 0 Å². The first-order valence-electron chi connectivity index (χ1n) is 10.1. The fraction of sp³-hybridized carbons (Fsp3) is 0.409. The third-order valence-electron chi connectivity index (χ3n) is 6.14. The molecule has 0 spiro atoms. The van der Waals surface area contributed by atoms with Gasteiger partial charge in [-0.15, -0.1) is 0 Å². The molecule has 1 saturated heterocycles. The van der Waals surface area contributed by atoms with Gasteiger partial charge in [0.1, 0.15) is 5.82 Å². The molecule has 2 aromatic rings. The van der Waals surface area contributed by atoms with Gasteiger partial charge in [0.15, 0.2) is 9.84 Å². The Morgan fingerprint density at radius 1 is 0.912 bits per heavy atom. The van der Waals surface area contributed by atoms with Crippen LogP contribution in [0.15, 0.2) is 47.4 Å². The van der Waals surface area contributed by atoms with Crippen molar-refractivity contribution in [3.8, 4) is 0 Å². The first kappa shape index (κ1) is 26.0. The Morgan fingerprint density at radius 2 is 1.50 bits per heavy atom. The van der Waals surface area contributed by atoms with Gasteiger partial charge in [0.05, 0.1) is 26.5 Å². The van der Waals surface area contributed by atoms with Gasteiger partial charge in [0.2, 0.25) is 5.91 Å². The average Bonchev–Trinajstić information content (AvgIpc) is 2.72. The molecule has 1 atom stereocenters. The van der Waals surface area contributed by atoms with Crippen molar-refractivity contribution in [3.05, 3.63) is 59.4 Å². The fourth-order valence-electron chi connectivity index (χ4n) is 3.95. The van der Waals surface area contributed by atoms with Crippen molar-refractivity contribution in [2.75, 3.05) is 11.4 Å². The van der Waals surface area contributed by atoms with Gasteiger partial charge in [-0.25, -0.2) is 12.8 Å². The van der Waals surface area contributed by atoms with Gasteiger partial charge in [-0.3, -0.25) is 4.79 Å². The van der Waals surface area contributed by atoms with E-state index in [9.17, 15) is 43.9 Å². The van der Waals surface area contributed by atoms with Crippen LogP contribution in [-0.2, 0) is 27.0 Å². The van der Waals surface area contributed by atoms with E-state index >= 15 is 0 Å². The molecule has 1 aliphatic rings. The Morgan fingerprint density at radius 3 is 2.03 bits per heavy atom. The second kappa shape index (κ2) is 8.54. The van der Waals surface area contributed by atoms with E-state index in [2.05, 4.69) is 0 Å². The lowest BCUT2D eigenvalue weighted by molar-refractivity contribution is -0.138. The van der Waals surface area contributed by atoms with Gasteiger partial charge < -0.3 is 4.90 Å². The van der Waals surface area contributed by atoms with Crippen LogP contribution in [-0.4, -0.2) is 25.6 Å². The van der Waals surface area contributed by atoms with E-state index in [1.807, 2.05) is 0 Å². The number of nitrogens with zero attached hydrogens (tertiary/aromatic N) is 1. The molecule has 0 aliphatic carbocycles. The minimum atomic E-state index is -4.77. The molecule has 0 aromatic heterocycles. The number of anilines is 1. The monoisotopic (exact) mass is 511 g/mol. The van der Waals surface area contributed by atoms with E-state index in [1.54, 1.807) is 0 Å². The number of hydrogen-bond acceptors (Lipinski definition) is 3. The van der Waals surface area contributed by atoms with Gasteiger partial charge >= 0.3 is 12.4 Å². The lowest BCUT2D eigenvalue weighted by atomic mass is 9.85. The summed E-state index contributed by atoms with van der Waals surface area (Å²) in [6.45, 7) is 2.43. The third kappa shape index (κ3) is 4.77. The van der Waals surface area contributed by atoms with Gasteiger partial charge in [0.25, 0.3) is 0 Å². The first-order chi connectivity index (χ1) is 15.5. The predicted octanol–water partition coefficient (Wildman–Crippen LogP) is 5.86. The van der Waals surface area contributed by atoms with Crippen molar-refractivity contribution < 1.29 is 43.9 Å². The summed E-state index contributed by atoms with van der Waals surface area (Å²) < 4.78 is 117. The van der Waals surface area contributed by atoms with Gasteiger partial charge in [0, 0.05) is 13.0 Å². The van der Waals surface area contributed by atoms with E-state index in [4.69, 9.17) is 0 Å². The molecule has 186 valence electrons. The van der Waals surface area contributed by atoms with E-state index in [1.165, 1.54) is 13.8 Å². The summed E-state index contributed by atoms with van der Waals surface area (Å²) in [5.74, 6) is -2.78. The van der Waals surface area contributed by atoms with Crippen molar-refractivity contribution in [2.45, 2.75) is 48.7 Å². The molecule has 1 amide bonds. The van der Waals surface area contributed by atoms with Crippen molar-refractivity contribution >= 4 is 21.4 Å². The molecular formula is C22H20F7NO3S. The van der Waals surface area contributed by atoms with E-state index in [0.29, 0.717) is 12.1 Å². The standard InChI is InChI=1S/C22H20F7NO3S/c1-20(2,34(32,33)16-5-3-4-14(10-16)21(24,25)26)13-8-9-30(19(31)12-13)18-7-6-15(11-17(18)23)22(27,28)29/h3-7,10-11,13H,8-9,12H2,1-2H3/t13-/m0/s1. The summed E-state index contributed by atoms with van der Waals surface area (Å²) in [5, 5.41) is 0. The van der Waals surface area contributed by atoms with Crippen LogP contribution in [0.4, 0.5) is 36.4 Å². The SMILES string of the molecule is CC(C)([C@H]1CCN(c2ccc(C(F)(F)F)cc2F)C(=O)C1)S(=O)(=O)c1cccc(C(F)(F)F)c1. The molecule has 0 N–H and O–H groups in total. The van der Waals surface area contributed by atoms with Gasteiger partial charge in [-0.05, 0) is 62.6 Å². The van der Waals surface area contributed by atoms with E-state index in [-0.39, 0.29) is 31.1 Å². The molecule has 1 fully saturated rings. The maximum atomic E-state index is 14.3. The molecule has 12 heteroatoms. The van der Waals surface area contributed by atoms with Crippen LogP contribution in [0.1, 0.15) is 37.8 Å². The number of carbonyl (C=O) groups excluding carboxylic acids is 1. The molecule has 3 rings (SSSR count). The number of rotatable bonds is 4. The van der Waals surface area contributed by atoms with Crippen LogP contribution < -0.4 is 4.90 Å². The van der Waals surface area contributed by atoms with Crippen molar-refractivity contribution in [2.24, 2.45) is 5.92 Å². The molecule has 0 bridgehead atoms. The smallest absolute Gasteiger partial charge is 0.310 e. The number of alkyl halides is 6. The van der Waals surface area contributed by atoms with Gasteiger partial charge in [-0.2, -0.15) is 26.3 Å². The Bertz CT molecular complexity index is 1200. The number of benzene rings is 2. The lowest BCUT2D eigenvalue weighted by Gasteiger charge is -2.39. The summed E-state index contributed by atoms with van der Waals surface area (Å²) in [6, 6.07) is 5.05. The molecule has 1 heterocycles. The Kier molecular flexibility index (Phi) is 6.53. The van der Waals surface area contributed by atoms with Crippen LogP contribution in [0.5, 0.6) is 0 Å². The second-order valence-electron chi connectivity index (χ2n) is 8.53. The number of carbonyl (C=O) groups is 1. The number of hydrogen-bond donors (Lipinski definition) is 0. The van der Waals surface area contributed by atoms with E-state index in [0.717, 1.165) is 29.2 Å². The van der Waals surface area contributed by atoms with Crippen molar-refractivity contribution in [3.63, 3.8) is 0 Å². The quantitative estimate of drug-likeness (QED) is 0.484. The number of amides is 1. The zero-order chi connectivity index (χ0) is 25.7. The summed E-state index contributed by atoms with van der Waals surface area (Å²) >= 11 is 0. The van der Waals surface area contributed by atoms with Crippen LogP contribution in [0.3, 0.4) is 0 Å². The highest BCUT2D eigenvalue weighted by molar-refractivity contribution is 7.92. The molecule has 2 aromatic carbocycles. The molecule has 4 nitrogen and oxygen atoms in total. The first-order valence-corrected chi connectivity index (χ1v) is 11.5. The summed E-state index contributed by atoms with van der Waals surface area (Å²) in [6.07, 6.45) is -9.86. The zero-order valence-electron chi connectivity index (χ0n) is 18.0.